The largest absolute Gasteiger partial charge is 0.378 e. The van der Waals surface area contributed by atoms with Crippen LogP contribution in [0, 0.1) is 11.8 Å². The Kier molecular flexibility index (Phi) is 8.99. The van der Waals surface area contributed by atoms with Crippen molar-refractivity contribution in [3.63, 3.8) is 0 Å². The van der Waals surface area contributed by atoms with E-state index in [-0.39, 0.29) is 42.8 Å². The molecule has 0 radical (unpaired) electrons. The molecule has 1 saturated heterocycles. The van der Waals surface area contributed by atoms with Crippen LogP contribution < -0.4 is 16.0 Å². The van der Waals surface area contributed by atoms with Crippen molar-refractivity contribution < 1.29 is 19.1 Å². The third kappa shape index (κ3) is 5.98. The average molecular weight is 618 g/mol. The molecule has 3 amide bonds. The van der Waals surface area contributed by atoms with Gasteiger partial charge in [-0.1, -0.05) is 44.6 Å². The molecule has 45 heavy (non-hydrogen) atoms. The summed E-state index contributed by atoms with van der Waals surface area (Å²) in [6.07, 6.45) is 12.4. The van der Waals surface area contributed by atoms with Gasteiger partial charge in [0.1, 0.15) is 23.0 Å². The highest BCUT2D eigenvalue weighted by molar-refractivity contribution is 5.95. The number of benzene rings is 1. The number of aryl methyl sites for hydroxylation is 1. The molecule has 3 aliphatic rings. The van der Waals surface area contributed by atoms with Gasteiger partial charge in [-0.2, -0.15) is 5.10 Å². The maximum absolute atomic E-state index is 13.9. The minimum atomic E-state index is -0.884. The Morgan fingerprint density at radius 3 is 2.40 bits per heavy atom. The summed E-state index contributed by atoms with van der Waals surface area (Å²) >= 11 is 0. The molecule has 11 nitrogen and oxygen atoms in total. The van der Waals surface area contributed by atoms with Gasteiger partial charge in [0, 0.05) is 19.8 Å². The molecule has 1 aliphatic heterocycles. The second kappa shape index (κ2) is 12.9. The monoisotopic (exact) mass is 617 g/mol. The van der Waals surface area contributed by atoms with Crippen LogP contribution in [0.3, 0.4) is 0 Å². The highest BCUT2D eigenvalue weighted by atomic mass is 16.5. The van der Waals surface area contributed by atoms with Gasteiger partial charge in [-0.15, -0.1) is 0 Å². The number of rotatable bonds is 10. The molecule has 0 spiro atoms. The van der Waals surface area contributed by atoms with Crippen LogP contribution in [-0.4, -0.2) is 63.3 Å². The van der Waals surface area contributed by atoms with Crippen LogP contribution in [-0.2, 0) is 32.3 Å². The predicted molar refractivity (Wildman–Crippen MR) is 170 cm³/mol. The number of carbonyl (C=O) groups excluding carboxylic acids is 3. The quantitative estimate of drug-likeness (QED) is 0.271. The highest BCUT2D eigenvalue weighted by Crippen LogP contribution is 2.40. The lowest BCUT2D eigenvalue weighted by Gasteiger charge is -2.42. The van der Waals surface area contributed by atoms with Crippen LogP contribution in [0.4, 0.5) is 0 Å². The molecular formula is C34H47N7O4. The van der Waals surface area contributed by atoms with Gasteiger partial charge < -0.3 is 25.7 Å². The average Bonchev–Trinajstić information content (AvgIpc) is 3.57. The van der Waals surface area contributed by atoms with E-state index < -0.39 is 17.0 Å². The third-order valence-electron chi connectivity index (χ3n) is 10.5. The molecule has 2 aliphatic carbocycles. The number of aromatic nitrogens is 4. The number of nitrogens with one attached hydrogen (secondary N) is 4. The van der Waals surface area contributed by atoms with Gasteiger partial charge in [0.05, 0.1) is 29.8 Å². The van der Waals surface area contributed by atoms with E-state index in [0.29, 0.717) is 18.1 Å². The molecule has 2 saturated carbocycles. The zero-order valence-electron chi connectivity index (χ0n) is 26.8. The van der Waals surface area contributed by atoms with E-state index in [0.717, 1.165) is 61.5 Å². The number of aromatic amines is 1. The highest BCUT2D eigenvalue weighted by Gasteiger charge is 2.50. The van der Waals surface area contributed by atoms with Crippen LogP contribution in [0.2, 0.25) is 0 Å². The van der Waals surface area contributed by atoms with Crippen molar-refractivity contribution in [2.45, 2.75) is 95.1 Å². The summed E-state index contributed by atoms with van der Waals surface area (Å²) in [7, 11) is 1.77. The predicted octanol–water partition coefficient (Wildman–Crippen LogP) is 3.99. The summed E-state index contributed by atoms with van der Waals surface area (Å²) in [5, 5.41) is 13.6. The first-order chi connectivity index (χ1) is 21.7. The lowest BCUT2D eigenvalue weighted by molar-refractivity contribution is -0.148. The molecule has 2 aromatic heterocycles. The molecular weight excluding hydrogens is 570 g/mol. The Bertz CT molecular complexity index is 1530. The van der Waals surface area contributed by atoms with E-state index in [1.165, 1.54) is 19.3 Å². The molecule has 1 aromatic carbocycles. The Labute approximate surface area is 264 Å². The topological polar surface area (TPSA) is 143 Å². The lowest BCUT2D eigenvalue weighted by Crippen LogP contribution is -2.62. The molecule has 2 atom stereocenters. The maximum atomic E-state index is 13.9. The molecule has 11 heteroatoms. The molecule has 6 rings (SSSR count). The van der Waals surface area contributed by atoms with Crippen molar-refractivity contribution in [1.29, 1.82) is 0 Å². The number of carbonyl (C=O) groups is 3. The van der Waals surface area contributed by atoms with Gasteiger partial charge in [0.25, 0.3) is 5.91 Å². The number of hydrogen-bond acceptors (Lipinski definition) is 6. The van der Waals surface area contributed by atoms with E-state index in [1.807, 2.05) is 25.1 Å². The Balaban J connectivity index is 1.31. The van der Waals surface area contributed by atoms with Crippen LogP contribution in [0.15, 0.2) is 30.5 Å². The second-order valence-corrected chi connectivity index (χ2v) is 13.5. The van der Waals surface area contributed by atoms with Crippen LogP contribution in [0.25, 0.3) is 11.0 Å². The number of hydrogen-bond donors (Lipinski definition) is 4. The SMILES string of the molecule is CCNC(=O)[C@H](NC(=O)C1(c2ccc3nc([C@](C)(NC(=O)c4ccnn4C)C4CCCCCCC4)[nH]c3c2)COC1)C1CCC1. The third-order valence-corrected chi connectivity index (χ3v) is 10.5. The van der Waals surface area contributed by atoms with Crippen LogP contribution >= 0.6 is 0 Å². The van der Waals surface area contributed by atoms with Gasteiger partial charge >= 0.3 is 0 Å². The molecule has 3 fully saturated rings. The minimum absolute atomic E-state index is 0.124. The number of imidazole rings is 1. The standard InChI is InChI=1S/C34H47N7O4/c1-4-35-30(43)28(22-11-10-12-22)39-32(44)34(20-45-21-34)24-15-16-25-26(19-24)38-31(37-25)33(2,23-13-8-6-5-7-9-14-23)40-29(42)27-17-18-36-41(27)3/h15-19,22-23,28H,4-14,20-21H2,1-3H3,(H,35,43)(H,37,38)(H,39,44)(H,40,42)/t28-,33-/m1/s1. The van der Waals surface area contributed by atoms with Gasteiger partial charge in [0.15, 0.2) is 0 Å². The first-order valence-corrected chi connectivity index (χ1v) is 16.7. The van der Waals surface area contributed by atoms with Crippen molar-refractivity contribution >= 4 is 28.8 Å². The molecule has 3 heterocycles. The van der Waals surface area contributed by atoms with Crippen LogP contribution in [0.1, 0.15) is 99.9 Å². The summed E-state index contributed by atoms with van der Waals surface area (Å²) in [4.78, 5) is 49.0. The minimum Gasteiger partial charge on any atom is -0.378 e. The summed E-state index contributed by atoms with van der Waals surface area (Å²) in [6, 6.07) is 7.05. The van der Waals surface area contributed by atoms with Crippen molar-refractivity contribution in [2.75, 3.05) is 19.8 Å². The molecule has 242 valence electrons. The van der Waals surface area contributed by atoms with E-state index >= 15 is 0 Å². The zero-order chi connectivity index (χ0) is 31.6. The normalized spacial score (nSPS) is 21.0. The number of likely N-dealkylation sites (N-methyl/N-ethyl adjacent to an activating group) is 1. The fraction of sp³-hybridized carbons (Fsp3) is 0.618. The maximum Gasteiger partial charge on any atom is 0.270 e. The number of amides is 3. The summed E-state index contributed by atoms with van der Waals surface area (Å²) in [6.45, 7) is 4.99. The van der Waals surface area contributed by atoms with Gasteiger partial charge in [-0.25, -0.2) is 4.98 Å². The molecule has 3 aromatic rings. The molecule has 4 N–H and O–H groups in total. The number of ether oxygens (including phenoxy) is 1. The second-order valence-electron chi connectivity index (χ2n) is 13.5. The Morgan fingerprint density at radius 2 is 1.80 bits per heavy atom. The van der Waals surface area contributed by atoms with Crippen molar-refractivity contribution in [1.82, 2.24) is 35.7 Å². The first kappa shape index (κ1) is 31.3. The van der Waals surface area contributed by atoms with Crippen LogP contribution in [0.5, 0.6) is 0 Å². The Morgan fingerprint density at radius 1 is 1.07 bits per heavy atom. The zero-order valence-corrected chi connectivity index (χ0v) is 26.8. The van der Waals surface area contributed by atoms with Crippen molar-refractivity contribution in [3.8, 4) is 0 Å². The Hall–Kier alpha value is -3.73. The fourth-order valence-corrected chi connectivity index (χ4v) is 7.31. The fourth-order valence-electron chi connectivity index (χ4n) is 7.31. The molecule has 0 unspecified atom stereocenters. The first-order valence-electron chi connectivity index (χ1n) is 16.7. The van der Waals surface area contributed by atoms with Crippen molar-refractivity contribution in [2.24, 2.45) is 18.9 Å². The summed E-state index contributed by atoms with van der Waals surface area (Å²) in [5.41, 5.74) is 1.26. The number of nitrogens with zero attached hydrogens (tertiary/aromatic N) is 3. The van der Waals surface area contributed by atoms with E-state index in [4.69, 9.17) is 9.72 Å². The number of fused-ring (bicyclic) bond motifs is 1. The van der Waals surface area contributed by atoms with Gasteiger partial charge in [0.2, 0.25) is 11.8 Å². The van der Waals surface area contributed by atoms with Crippen molar-refractivity contribution in [3.05, 3.63) is 47.5 Å². The van der Waals surface area contributed by atoms with Gasteiger partial charge in [-0.3, -0.25) is 19.1 Å². The van der Waals surface area contributed by atoms with E-state index in [1.54, 1.807) is 24.0 Å². The number of H-pyrrole nitrogens is 1. The summed E-state index contributed by atoms with van der Waals surface area (Å²) in [5.74, 6) is 0.574. The van der Waals surface area contributed by atoms with Gasteiger partial charge in [-0.05, 0) is 75.1 Å². The smallest absolute Gasteiger partial charge is 0.270 e. The lowest BCUT2D eigenvalue weighted by atomic mass is 9.75. The molecule has 0 bridgehead atoms. The van der Waals surface area contributed by atoms with E-state index in [9.17, 15) is 14.4 Å². The van der Waals surface area contributed by atoms with E-state index in [2.05, 4.69) is 33.0 Å². The summed E-state index contributed by atoms with van der Waals surface area (Å²) < 4.78 is 7.21.